The maximum Gasteiger partial charge on any atom is 0.189 e. The molecule has 2 atom stereocenters. The highest BCUT2D eigenvalue weighted by molar-refractivity contribution is 7.98. The molecule has 0 radical (unpaired) electrons. The van der Waals surface area contributed by atoms with Gasteiger partial charge in [0.2, 0.25) is 0 Å². The van der Waals surface area contributed by atoms with E-state index in [-0.39, 0.29) is 0 Å². The molecule has 1 spiro atoms. The summed E-state index contributed by atoms with van der Waals surface area (Å²) in [4.78, 5) is 8.69. The summed E-state index contributed by atoms with van der Waals surface area (Å²) < 4.78 is 15.6. The van der Waals surface area contributed by atoms with Crippen molar-refractivity contribution in [1.29, 1.82) is 0 Å². The molecule has 0 fully saturated rings. The van der Waals surface area contributed by atoms with Crippen LogP contribution in [0.2, 0.25) is 10.2 Å². The molecule has 0 saturated heterocycles. The number of fused-ring (bicyclic) bond motifs is 3. The van der Waals surface area contributed by atoms with Gasteiger partial charge in [0.1, 0.15) is 5.15 Å². The van der Waals surface area contributed by atoms with Gasteiger partial charge in [0, 0.05) is 16.0 Å². The van der Waals surface area contributed by atoms with Gasteiger partial charge in [-0.05, 0) is 49.1 Å². The zero-order valence-corrected chi connectivity index (χ0v) is 14.9. The second-order valence-electron chi connectivity index (χ2n) is 6.15. The van der Waals surface area contributed by atoms with Gasteiger partial charge in [0.05, 0.1) is 5.69 Å². The average Bonchev–Trinajstić information content (AvgIpc) is 2.92. The lowest BCUT2D eigenvalue weighted by atomic mass is 9.68. The van der Waals surface area contributed by atoms with Crippen LogP contribution in [0.15, 0.2) is 23.4 Å². The summed E-state index contributed by atoms with van der Waals surface area (Å²) in [6, 6.07) is 5.81. The minimum Gasteiger partial charge on any atom is -0.240 e. The second-order valence-corrected chi connectivity index (χ2v) is 7.69. The van der Waals surface area contributed by atoms with Gasteiger partial charge >= 0.3 is 0 Å². The maximum atomic E-state index is 15.6. The van der Waals surface area contributed by atoms with Crippen LogP contribution in [0.5, 0.6) is 0 Å². The molecule has 1 aromatic heterocycles. The van der Waals surface area contributed by atoms with Gasteiger partial charge in [-0.15, -0.1) is 0 Å². The molecule has 1 heterocycles. The van der Waals surface area contributed by atoms with Crippen LogP contribution in [0.3, 0.4) is 0 Å². The smallest absolute Gasteiger partial charge is 0.189 e. The number of nitrogens with zero attached hydrogens (tertiary/aromatic N) is 2. The Labute approximate surface area is 148 Å². The largest absolute Gasteiger partial charge is 0.240 e. The number of hydrogen-bond acceptors (Lipinski definition) is 3. The molecule has 6 heteroatoms. The van der Waals surface area contributed by atoms with E-state index in [1.165, 1.54) is 11.8 Å². The first-order valence-corrected chi connectivity index (χ1v) is 9.57. The number of benzene rings is 1. The van der Waals surface area contributed by atoms with E-state index >= 15 is 4.39 Å². The zero-order valence-electron chi connectivity index (χ0n) is 12.6. The van der Waals surface area contributed by atoms with E-state index in [2.05, 4.69) is 9.97 Å². The standard InChI is InChI=1S/C17H15Cl2FN2S/c1-23-16-21-13-10(15(19)22-16)6-8-17(14(13)20)7-5-9-11(17)3-2-4-12(9)18/h2-4,14H,5-8H2,1H3/t14-,17-/m0/s1. The second kappa shape index (κ2) is 5.61. The number of aromatic nitrogens is 2. The van der Waals surface area contributed by atoms with Gasteiger partial charge in [-0.2, -0.15) is 0 Å². The topological polar surface area (TPSA) is 25.8 Å². The first-order chi connectivity index (χ1) is 11.1. The quantitative estimate of drug-likeness (QED) is 0.385. The van der Waals surface area contributed by atoms with Crippen molar-refractivity contribution in [2.45, 2.75) is 42.4 Å². The van der Waals surface area contributed by atoms with E-state index in [1.54, 1.807) is 0 Å². The monoisotopic (exact) mass is 368 g/mol. The summed E-state index contributed by atoms with van der Waals surface area (Å²) in [5.41, 5.74) is 2.83. The van der Waals surface area contributed by atoms with Crippen LogP contribution in [-0.4, -0.2) is 16.2 Å². The van der Waals surface area contributed by atoms with Crippen molar-refractivity contribution in [1.82, 2.24) is 9.97 Å². The number of hydrogen-bond donors (Lipinski definition) is 0. The molecular weight excluding hydrogens is 354 g/mol. The van der Waals surface area contributed by atoms with Crippen LogP contribution in [-0.2, 0) is 18.3 Å². The van der Waals surface area contributed by atoms with Gasteiger partial charge in [-0.3, -0.25) is 0 Å². The molecule has 0 aliphatic heterocycles. The van der Waals surface area contributed by atoms with Crippen molar-refractivity contribution in [2.24, 2.45) is 0 Å². The Balaban J connectivity index is 1.87. The van der Waals surface area contributed by atoms with Gasteiger partial charge in [-0.1, -0.05) is 47.1 Å². The highest BCUT2D eigenvalue weighted by Crippen LogP contribution is 2.56. The third-order valence-corrected chi connectivity index (χ3v) is 6.39. The third kappa shape index (κ3) is 2.22. The fourth-order valence-electron chi connectivity index (χ4n) is 4.01. The number of thioether (sulfide) groups is 1. The van der Waals surface area contributed by atoms with E-state index in [9.17, 15) is 0 Å². The Morgan fingerprint density at radius 1 is 1.17 bits per heavy atom. The zero-order chi connectivity index (χ0) is 16.2. The molecule has 0 bridgehead atoms. The van der Waals surface area contributed by atoms with E-state index < -0.39 is 11.6 Å². The number of rotatable bonds is 1. The fourth-order valence-corrected chi connectivity index (χ4v) is 4.97. The lowest BCUT2D eigenvalue weighted by molar-refractivity contribution is 0.154. The van der Waals surface area contributed by atoms with Gasteiger partial charge in [0.15, 0.2) is 11.3 Å². The van der Waals surface area contributed by atoms with E-state index in [1.807, 2.05) is 24.5 Å². The Bertz CT molecular complexity index is 798. The first kappa shape index (κ1) is 15.7. The highest BCUT2D eigenvalue weighted by Gasteiger charge is 2.50. The maximum absolute atomic E-state index is 15.6. The van der Waals surface area contributed by atoms with Crippen LogP contribution >= 0.6 is 35.0 Å². The van der Waals surface area contributed by atoms with Crippen LogP contribution < -0.4 is 0 Å². The summed E-state index contributed by atoms with van der Waals surface area (Å²) in [5, 5.41) is 1.65. The average molecular weight is 369 g/mol. The summed E-state index contributed by atoms with van der Waals surface area (Å²) in [7, 11) is 0. The SMILES string of the molecule is CSc1nc(Cl)c2c(n1)[C@H](F)[C@@]1(CCc3c(Cl)cccc31)CC2. The summed E-state index contributed by atoms with van der Waals surface area (Å²) in [6.07, 6.45) is 3.71. The molecule has 2 aliphatic rings. The fraction of sp³-hybridized carbons (Fsp3) is 0.412. The molecular formula is C17H15Cl2FN2S. The summed E-state index contributed by atoms with van der Waals surface area (Å²) >= 11 is 14.0. The Kier molecular flexibility index (Phi) is 3.82. The van der Waals surface area contributed by atoms with Crippen molar-refractivity contribution >= 4 is 35.0 Å². The number of alkyl halides is 1. The minimum atomic E-state index is -1.17. The van der Waals surface area contributed by atoms with Crippen molar-refractivity contribution < 1.29 is 4.39 Å². The molecule has 4 rings (SSSR count). The molecule has 2 nitrogen and oxygen atoms in total. The highest BCUT2D eigenvalue weighted by atomic mass is 35.5. The Morgan fingerprint density at radius 3 is 2.65 bits per heavy atom. The molecule has 0 unspecified atom stereocenters. The minimum absolute atomic E-state index is 0.390. The Hall–Kier alpha value is -0.840. The molecule has 0 amide bonds. The third-order valence-electron chi connectivity index (χ3n) is 5.17. The molecule has 2 aliphatic carbocycles. The van der Waals surface area contributed by atoms with Crippen molar-refractivity contribution in [3.63, 3.8) is 0 Å². The van der Waals surface area contributed by atoms with Gasteiger partial charge in [-0.25, -0.2) is 14.4 Å². The molecule has 0 N–H and O–H groups in total. The molecule has 0 saturated carbocycles. The summed E-state index contributed by atoms with van der Waals surface area (Å²) in [6.45, 7) is 0. The number of halogens is 3. The lowest BCUT2D eigenvalue weighted by Crippen LogP contribution is -2.35. The van der Waals surface area contributed by atoms with Crippen molar-refractivity contribution in [3.8, 4) is 0 Å². The van der Waals surface area contributed by atoms with Crippen LogP contribution in [0.25, 0.3) is 0 Å². The van der Waals surface area contributed by atoms with Crippen molar-refractivity contribution in [2.75, 3.05) is 6.26 Å². The van der Waals surface area contributed by atoms with Crippen molar-refractivity contribution in [3.05, 3.63) is 50.8 Å². The molecule has 120 valence electrons. The Morgan fingerprint density at radius 2 is 1.91 bits per heavy atom. The lowest BCUT2D eigenvalue weighted by Gasteiger charge is -2.38. The molecule has 23 heavy (non-hydrogen) atoms. The van der Waals surface area contributed by atoms with Gasteiger partial charge < -0.3 is 0 Å². The predicted molar refractivity (Wildman–Crippen MR) is 92.4 cm³/mol. The van der Waals surface area contributed by atoms with E-state index in [0.29, 0.717) is 22.4 Å². The van der Waals surface area contributed by atoms with E-state index in [4.69, 9.17) is 23.2 Å². The van der Waals surface area contributed by atoms with E-state index in [0.717, 1.165) is 41.0 Å². The van der Waals surface area contributed by atoms with Crippen LogP contribution in [0.1, 0.15) is 41.4 Å². The molecule has 2 aromatic rings. The summed E-state index contributed by atoms with van der Waals surface area (Å²) in [5.74, 6) is 0. The van der Waals surface area contributed by atoms with Crippen LogP contribution in [0.4, 0.5) is 4.39 Å². The normalized spacial score (nSPS) is 25.5. The first-order valence-electron chi connectivity index (χ1n) is 7.59. The van der Waals surface area contributed by atoms with Crippen LogP contribution in [0, 0.1) is 0 Å². The predicted octanol–water partition coefficient (Wildman–Crippen LogP) is 5.35. The van der Waals surface area contributed by atoms with Gasteiger partial charge in [0.25, 0.3) is 0 Å². The molecule has 1 aromatic carbocycles.